The molecule has 0 unspecified atom stereocenters. The molecule has 1 aromatic rings. The van der Waals surface area contributed by atoms with Gasteiger partial charge in [0.25, 0.3) is 0 Å². The van der Waals surface area contributed by atoms with Gasteiger partial charge in [0.05, 0.1) is 0 Å². The highest BCUT2D eigenvalue weighted by atomic mass is 19.3. The van der Waals surface area contributed by atoms with Crippen molar-refractivity contribution < 1.29 is 17.6 Å². The highest BCUT2D eigenvalue weighted by Gasteiger charge is 2.63. The zero-order valence-corrected chi connectivity index (χ0v) is 14.0. The summed E-state index contributed by atoms with van der Waals surface area (Å²) in [7, 11) is 0. The van der Waals surface area contributed by atoms with E-state index in [9.17, 15) is 17.6 Å². The molecule has 24 heavy (non-hydrogen) atoms. The quantitative estimate of drug-likeness (QED) is 0.546. The molecule has 2 aliphatic rings. The number of aryl methyl sites for hydroxylation is 1. The average Bonchev–Trinajstić information content (AvgIpc) is 2.52. The predicted octanol–water partition coefficient (Wildman–Crippen LogP) is 6.42. The Morgan fingerprint density at radius 3 is 2.00 bits per heavy atom. The number of halogens is 4. The van der Waals surface area contributed by atoms with E-state index < -0.39 is 28.9 Å². The summed E-state index contributed by atoms with van der Waals surface area (Å²) in [4.78, 5) is 0. The summed E-state index contributed by atoms with van der Waals surface area (Å²) in [5.74, 6) is -8.28. The lowest BCUT2D eigenvalue weighted by Gasteiger charge is -2.38. The van der Waals surface area contributed by atoms with Crippen LogP contribution in [0, 0.1) is 18.8 Å². The topological polar surface area (TPSA) is 0 Å². The van der Waals surface area contributed by atoms with Gasteiger partial charge in [-0.3, -0.25) is 0 Å². The van der Waals surface area contributed by atoms with Crippen LogP contribution in [0.15, 0.2) is 42.0 Å². The van der Waals surface area contributed by atoms with Crippen LogP contribution in [0.2, 0.25) is 0 Å². The fourth-order valence-corrected chi connectivity index (χ4v) is 3.71. The average molecular weight is 338 g/mol. The maximum Gasteiger partial charge on any atom is 0.339 e. The molecule has 0 N–H and O–H groups in total. The van der Waals surface area contributed by atoms with Crippen LogP contribution in [0.25, 0.3) is 5.57 Å². The van der Waals surface area contributed by atoms with E-state index in [0.717, 1.165) is 18.4 Å². The second-order valence-corrected chi connectivity index (χ2v) is 7.17. The van der Waals surface area contributed by atoms with E-state index in [1.807, 2.05) is 6.92 Å². The molecule has 0 nitrogen and oxygen atoms in total. The molecular formula is C20H22F4. The highest BCUT2D eigenvalue weighted by Crippen LogP contribution is 2.54. The lowest BCUT2D eigenvalue weighted by molar-refractivity contribution is -0.153. The van der Waals surface area contributed by atoms with Crippen LogP contribution in [0.4, 0.5) is 17.6 Å². The lowest BCUT2D eigenvalue weighted by atomic mass is 9.73. The summed E-state index contributed by atoms with van der Waals surface area (Å²) in [6, 6.07) is 6.27. The van der Waals surface area contributed by atoms with Crippen LogP contribution < -0.4 is 0 Å². The molecule has 0 radical (unpaired) electrons. The number of allylic oxidation sites excluding steroid dienone is 4. The van der Waals surface area contributed by atoms with Crippen LogP contribution in [0.3, 0.4) is 0 Å². The molecule has 0 heterocycles. The Morgan fingerprint density at radius 1 is 0.833 bits per heavy atom. The van der Waals surface area contributed by atoms with Crippen LogP contribution in [0.5, 0.6) is 0 Å². The lowest BCUT2D eigenvalue weighted by Crippen LogP contribution is -2.46. The molecule has 0 spiro atoms. The monoisotopic (exact) mass is 338 g/mol. The van der Waals surface area contributed by atoms with E-state index in [4.69, 9.17) is 0 Å². The van der Waals surface area contributed by atoms with Gasteiger partial charge >= 0.3 is 11.8 Å². The SMILES string of the molecule is Cc1ccc(C2=CC=C(C3CCC(C)CC3)C(F)(F)C2(F)F)cc1. The molecule has 0 atom stereocenters. The molecule has 0 amide bonds. The van der Waals surface area contributed by atoms with Crippen molar-refractivity contribution in [3.05, 3.63) is 53.1 Å². The summed E-state index contributed by atoms with van der Waals surface area (Å²) < 4.78 is 58.7. The van der Waals surface area contributed by atoms with Gasteiger partial charge in [-0.05, 0) is 37.2 Å². The van der Waals surface area contributed by atoms with Crippen molar-refractivity contribution in [3.8, 4) is 0 Å². The number of benzene rings is 1. The zero-order chi connectivity index (χ0) is 17.5. The van der Waals surface area contributed by atoms with Gasteiger partial charge < -0.3 is 0 Å². The third-order valence-corrected chi connectivity index (χ3v) is 5.34. The Kier molecular flexibility index (Phi) is 4.35. The van der Waals surface area contributed by atoms with E-state index in [-0.39, 0.29) is 5.56 Å². The molecule has 1 saturated carbocycles. The van der Waals surface area contributed by atoms with Crippen molar-refractivity contribution in [2.24, 2.45) is 11.8 Å². The molecule has 4 heteroatoms. The third kappa shape index (κ3) is 2.80. The summed E-state index contributed by atoms with van der Waals surface area (Å²) in [6.45, 7) is 3.90. The van der Waals surface area contributed by atoms with Crippen molar-refractivity contribution in [1.29, 1.82) is 0 Å². The third-order valence-electron chi connectivity index (χ3n) is 5.34. The van der Waals surface area contributed by atoms with Crippen LogP contribution >= 0.6 is 0 Å². The van der Waals surface area contributed by atoms with Gasteiger partial charge in [-0.25, -0.2) is 0 Å². The smallest absolute Gasteiger partial charge is 0.194 e. The largest absolute Gasteiger partial charge is 0.339 e. The molecule has 0 bridgehead atoms. The first-order chi connectivity index (χ1) is 11.2. The van der Waals surface area contributed by atoms with Gasteiger partial charge in [0, 0.05) is 11.1 Å². The van der Waals surface area contributed by atoms with Crippen LogP contribution in [-0.2, 0) is 0 Å². The Labute approximate surface area is 140 Å². The number of alkyl halides is 4. The van der Waals surface area contributed by atoms with Crippen molar-refractivity contribution in [2.75, 3.05) is 0 Å². The first kappa shape index (κ1) is 17.2. The second kappa shape index (κ2) is 6.05. The van der Waals surface area contributed by atoms with E-state index in [2.05, 4.69) is 6.92 Å². The van der Waals surface area contributed by atoms with Crippen molar-refractivity contribution in [1.82, 2.24) is 0 Å². The Bertz CT molecular complexity index is 659. The number of hydrogen-bond acceptors (Lipinski definition) is 0. The van der Waals surface area contributed by atoms with Crippen molar-refractivity contribution >= 4 is 5.57 Å². The fraction of sp³-hybridized carbons (Fsp3) is 0.500. The Balaban J connectivity index is 1.99. The van der Waals surface area contributed by atoms with E-state index >= 15 is 0 Å². The van der Waals surface area contributed by atoms with Gasteiger partial charge in [0.15, 0.2) is 0 Å². The molecule has 2 aliphatic carbocycles. The Hall–Kier alpha value is -1.58. The fourth-order valence-electron chi connectivity index (χ4n) is 3.71. The maximum atomic E-state index is 14.7. The molecule has 3 rings (SSSR count). The number of hydrogen-bond donors (Lipinski definition) is 0. The zero-order valence-electron chi connectivity index (χ0n) is 14.0. The summed E-state index contributed by atoms with van der Waals surface area (Å²) >= 11 is 0. The van der Waals surface area contributed by atoms with E-state index in [0.29, 0.717) is 18.8 Å². The van der Waals surface area contributed by atoms with Gasteiger partial charge in [-0.15, -0.1) is 0 Å². The molecule has 0 aromatic heterocycles. The highest BCUT2D eigenvalue weighted by molar-refractivity contribution is 5.76. The molecule has 0 aliphatic heterocycles. The second-order valence-electron chi connectivity index (χ2n) is 7.17. The van der Waals surface area contributed by atoms with Gasteiger partial charge in [-0.2, -0.15) is 17.6 Å². The molecule has 1 fully saturated rings. The minimum Gasteiger partial charge on any atom is -0.194 e. The standard InChI is InChI=1S/C20H22F4/c1-13-3-7-15(8-4-13)17-11-12-18(20(23,24)19(17,21)22)16-9-5-14(2)6-10-16/h3-4,7-8,11-12,14,16H,5-6,9-10H2,1-2H3. The van der Waals surface area contributed by atoms with Gasteiger partial charge in [0.2, 0.25) is 0 Å². The minimum absolute atomic E-state index is 0.151. The van der Waals surface area contributed by atoms with Crippen molar-refractivity contribution in [3.63, 3.8) is 0 Å². The normalized spacial score (nSPS) is 28.9. The maximum absolute atomic E-state index is 14.7. The minimum atomic E-state index is -4.19. The molecule has 1 aromatic carbocycles. The molecule has 0 saturated heterocycles. The molecular weight excluding hydrogens is 316 g/mol. The first-order valence-corrected chi connectivity index (χ1v) is 8.49. The number of rotatable bonds is 2. The van der Waals surface area contributed by atoms with Gasteiger partial charge in [-0.1, -0.05) is 61.7 Å². The van der Waals surface area contributed by atoms with Gasteiger partial charge in [0.1, 0.15) is 0 Å². The van der Waals surface area contributed by atoms with E-state index in [1.165, 1.54) is 24.3 Å². The summed E-state index contributed by atoms with van der Waals surface area (Å²) in [6.07, 6.45) is 5.19. The van der Waals surface area contributed by atoms with E-state index in [1.54, 1.807) is 12.1 Å². The summed E-state index contributed by atoms with van der Waals surface area (Å²) in [5.41, 5.74) is 0.0614. The molecule has 130 valence electrons. The van der Waals surface area contributed by atoms with Crippen LogP contribution in [0.1, 0.15) is 43.7 Å². The van der Waals surface area contributed by atoms with Crippen molar-refractivity contribution in [2.45, 2.75) is 51.4 Å². The first-order valence-electron chi connectivity index (χ1n) is 8.49. The predicted molar refractivity (Wildman–Crippen MR) is 88.3 cm³/mol. The summed E-state index contributed by atoms with van der Waals surface area (Å²) in [5, 5.41) is 0. The van der Waals surface area contributed by atoms with Crippen LogP contribution in [-0.4, -0.2) is 11.8 Å². The Morgan fingerprint density at radius 2 is 1.42 bits per heavy atom.